The van der Waals surface area contributed by atoms with E-state index in [4.69, 9.17) is 9.47 Å². The zero-order valence-corrected chi connectivity index (χ0v) is 29.4. The number of ether oxygens (including phenoxy) is 2. The van der Waals surface area contributed by atoms with Crippen LogP contribution < -0.4 is 4.74 Å². The van der Waals surface area contributed by atoms with Gasteiger partial charge in [0.15, 0.2) is 5.60 Å². The highest BCUT2D eigenvalue weighted by Crippen LogP contribution is 2.60. The molecule has 8 rings (SSSR count). The molecule has 0 amide bonds. The largest absolute Gasteiger partial charge is 0.472 e. The topological polar surface area (TPSA) is 18.5 Å². The molecular weight excluding hydrogens is 605 g/mol. The molecule has 2 atom stereocenters. The van der Waals surface area contributed by atoms with Crippen molar-refractivity contribution < 1.29 is 9.47 Å². The molecule has 0 bridgehead atoms. The highest BCUT2D eigenvalue weighted by atomic mass is 32.2. The van der Waals surface area contributed by atoms with Crippen molar-refractivity contribution in [2.45, 2.75) is 74.7 Å². The summed E-state index contributed by atoms with van der Waals surface area (Å²) in [6.07, 6.45) is 15.0. The van der Waals surface area contributed by atoms with Crippen LogP contribution in [-0.2, 0) is 22.2 Å². The zero-order chi connectivity index (χ0) is 32.7. The van der Waals surface area contributed by atoms with Gasteiger partial charge in [-0.05, 0) is 109 Å². The van der Waals surface area contributed by atoms with Crippen molar-refractivity contribution in [1.29, 1.82) is 0 Å². The standard InChI is InChI=1S/C45H46O2S/c1-4-44(5-2)40-16-10-9-15-37(40)41-36-24-23-35(48-3)30-39(36)43-38(42(41)44)25-27-45(47-43,33-13-7-6-8-14-33)34-21-19-32(20-22-34)18-17-31-12-11-28-46-29-26-31/h6-10,13-16,19-25,27,30-31H,4-5,11-12,17-18,26,28-29H2,1-3H3. The second-order valence-electron chi connectivity index (χ2n) is 13.9. The van der Waals surface area contributed by atoms with Gasteiger partial charge in [-0.2, -0.15) is 0 Å². The summed E-state index contributed by atoms with van der Waals surface area (Å²) in [6.45, 7) is 6.55. The minimum Gasteiger partial charge on any atom is -0.472 e. The zero-order valence-electron chi connectivity index (χ0n) is 28.6. The number of fused-ring (bicyclic) bond motifs is 8. The Bertz CT molecular complexity index is 1960. The third kappa shape index (κ3) is 5.04. The maximum atomic E-state index is 7.61. The molecule has 0 N–H and O–H groups in total. The summed E-state index contributed by atoms with van der Waals surface area (Å²) < 4.78 is 13.3. The van der Waals surface area contributed by atoms with Crippen molar-refractivity contribution in [3.8, 4) is 16.9 Å². The van der Waals surface area contributed by atoms with Crippen LogP contribution >= 0.6 is 11.8 Å². The van der Waals surface area contributed by atoms with E-state index in [1.807, 2.05) is 0 Å². The quantitative estimate of drug-likeness (QED) is 0.156. The molecule has 5 aromatic rings. The maximum absolute atomic E-state index is 7.61. The van der Waals surface area contributed by atoms with Gasteiger partial charge in [0.1, 0.15) is 5.75 Å². The van der Waals surface area contributed by atoms with Crippen LogP contribution in [0.5, 0.6) is 5.75 Å². The average Bonchev–Trinajstić information content (AvgIpc) is 3.25. The smallest absolute Gasteiger partial charge is 0.178 e. The molecule has 0 radical (unpaired) electrons. The highest BCUT2D eigenvalue weighted by molar-refractivity contribution is 7.98. The SMILES string of the molecule is CCC1(CC)c2ccccc2-c2c1c1c(c3cc(SC)ccc23)OC(c2ccccc2)(c2ccc(CCC3CCCOCC3)cc2)C=C1. The van der Waals surface area contributed by atoms with Crippen molar-refractivity contribution in [2.75, 3.05) is 19.5 Å². The van der Waals surface area contributed by atoms with E-state index in [0.717, 1.165) is 55.3 Å². The lowest BCUT2D eigenvalue weighted by Gasteiger charge is -2.39. The number of hydrogen-bond donors (Lipinski definition) is 0. The predicted molar refractivity (Wildman–Crippen MR) is 202 cm³/mol. The summed E-state index contributed by atoms with van der Waals surface area (Å²) in [5.41, 5.74) is 9.80. The Kier molecular flexibility index (Phi) is 8.47. The van der Waals surface area contributed by atoms with Gasteiger partial charge in [0.25, 0.3) is 0 Å². The highest BCUT2D eigenvalue weighted by Gasteiger charge is 2.46. The molecule has 2 unspecified atom stereocenters. The van der Waals surface area contributed by atoms with E-state index in [-0.39, 0.29) is 5.41 Å². The van der Waals surface area contributed by atoms with Crippen molar-refractivity contribution in [1.82, 2.24) is 0 Å². The lowest BCUT2D eigenvalue weighted by molar-refractivity contribution is 0.141. The van der Waals surface area contributed by atoms with Gasteiger partial charge < -0.3 is 9.47 Å². The van der Waals surface area contributed by atoms with Gasteiger partial charge in [0, 0.05) is 45.6 Å². The first-order chi connectivity index (χ1) is 23.6. The summed E-state index contributed by atoms with van der Waals surface area (Å²) in [5.74, 6) is 1.76. The molecule has 1 fully saturated rings. The van der Waals surface area contributed by atoms with Gasteiger partial charge in [-0.25, -0.2) is 0 Å². The molecule has 1 saturated heterocycles. The second-order valence-corrected chi connectivity index (χ2v) is 14.8. The fourth-order valence-corrected chi connectivity index (χ4v) is 9.41. The Morgan fingerprint density at radius 1 is 0.792 bits per heavy atom. The van der Waals surface area contributed by atoms with Crippen LogP contribution in [0.2, 0.25) is 0 Å². The third-order valence-electron chi connectivity index (χ3n) is 11.6. The van der Waals surface area contributed by atoms with Gasteiger partial charge in [-0.1, -0.05) is 105 Å². The van der Waals surface area contributed by atoms with Crippen LogP contribution in [0.4, 0.5) is 0 Å². The molecule has 2 heterocycles. The van der Waals surface area contributed by atoms with E-state index in [1.54, 1.807) is 11.8 Å². The number of thioether (sulfide) groups is 1. The molecule has 5 aromatic carbocycles. The van der Waals surface area contributed by atoms with Crippen molar-refractivity contribution in [3.05, 3.63) is 137 Å². The van der Waals surface area contributed by atoms with Gasteiger partial charge in [-0.15, -0.1) is 11.8 Å². The third-order valence-corrected chi connectivity index (χ3v) is 12.4. The number of benzene rings is 5. The average molecular weight is 651 g/mol. The molecule has 3 heteroatoms. The Labute approximate surface area is 290 Å². The molecule has 2 aliphatic heterocycles. The normalized spacial score (nSPS) is 20.9. The van der Waals surface area contributed by atoms with Crippen molar-refractivity contribution in [2.24, 2.45) is 5.92 Å². The van der Waals surface area contributed by atoms with E-state index in [0.29, 0.717) is 0 Å². The molecule has 0 spiro atoms. The van der Waals surface area contributed by atoms with Crippen molar-refractivity contribution >= 4 is 28.6 Å². The van der Waals surface area contributed by atoms with E-state index in [1.165, 1.54) is 74.7 Å². The van der Waals surface area contributed by atoms with E-state index >= 15 is 0 Å². The van der Waals surface area contributed by atoms with Crippen LogP contribution in [0.1, 0.15) is 85.8 Å². The Morgan fingerprint density at radius 2 is 1.56 bits per heavy atom. The summed E-state index contributed by atoms with van der Waals surface area (Å²) in [6, 6.07) is 36.2. The minimum absolute atomic E-state index is 0.0616. The van der Waals surface area contributed by atoms with Crippen LogP contribution in [0, 0.1) is 5.92 Å². The first-order valence-corrected chi connectivity index (χ1v) is 19.2. The van der Waals surface area contributed by atoms with Gasteiger partial charge >= 0.3 is 0 Å². The Hall–Kier alpha value is -3.79. The first kappa shape index (κ1) is 31.5. The molecule has 0 aromatic heterocycles. The minimum atomic E-state index is -0.742. The number of aryl methyl sites for hydroxylation is 1. The van der Waals surface area contributed by atoms with Crippen LogP contribution in [-0.4, -0.2) is 19.5 Å². The molecule has 1 aliphatic carbocycles. The lowest BCUT2D eigenvalue weighted by atomic mass is 9.71. The maximum Gasteiger partial charge on any atom is 0.178 e. The Morgan fingerprint density at radius 3 is 2.35 bits per heavy atom. The van der Waals surface area contributed by atoms with Crippen LogP contribution in [0.25, 0.3) is 28.0 Å². The molecule has 48 heavy (non-hydrogen) atoms. The van der Waals surface area contributed by atoms with Crippen molar-refractivity contribution in [3.63, 3.8) is 0 Å². The number of hydrogen-bond acceptors (Lipinski definition) is 3. The Balaban J connectivity index is 1.29. The summed E-state index contributed by atoms with van der Waals surface area (Å²) in [4.78, 5) is 1.25. The molecule has 2 nitrogen and oxygen atoms in total. The summed E-state index contributed by atoms with van der Waals surface area (Å²) in [7, 11) is 0. The summed E-state index contributed by atoms with van der Waals surface area (Å²) in [5, 5.41) is 2.48. The van der Waals surface area contributed by atoms with Crippen LogP contribution in [0.3, 0.4) is 0 Å². The van der Waals surface area contributed by atoms with E-state index < -0.39 is 5.60 Å². The second kappa shape index (κ2) is 12.9. The lowest BCUT2D eigenvalue weighted by Crippen LogP contribution is -2.35. The van der Waals surface area contributed by atoms with Gasteiger partial charge in [-0.3, -0.25) is 0 Å². The number of rotatable bonds is 8. The molecule has 0 saturated carbocycles. The molecular formula is C45H46O2S. The van der Waals surface area contributed by atoms with Crippen LogP contribution in [0.15, 0.2) is 108 Å². The van der Waals surface area contributed by atoms with E-state index in [2.05, 4.69) is 129 Å². The van der Waals surface area contributed by atoms with Gasteiger partial charge in [0.05, 0.1) is 0 Å². The summed E-state index contributed by atoms with van der Waals surface area (Å²) >= 11 is 1.79. The molecule has 244 valence electrons. The monoisotopic (exact) mass is 650 g/mol. The molecule has 3 aliphatic rings. The predicted octanol–water partition coefficient (Wildman–Crippen LogP) is 11.7. The first-order valence-electron chi connectivity index (χ1n) is 18.0. The fraction of sp³-hybridized carbons (Fsp3) is 0.333. The fourth-order valence-electron chi connectivity index (χ4n) is 8.97. The van der Waals surface area contributed by atoms with E-state index in [9.17, 15) is 0 Å². The van der Waals surface area contributed by atoms with Gasteiger partial charge in [0.2, 0.25) is 0 Å².